The predicted octanol–water partition coefficient (Wildman–Crippen LogP) is 1.23. The lowest BCUT2D eigenvalue weighted by atomic mass is 10.1. The smallest absolute Gasteiger partial charge is 0.192 e. The molecule has 1 aromatic carbocycles. The number of guanidine groups is 1. The van der Waals surface area contributed by atoms with Crippen LogP contribution in [0.25, 0.3) is 0 Å². The molecule has 1 heterocycles. The molecule has 0 amide bonds. The van der Waals surface area contributed by atoms with Crippen LogP contribution in [0.3, 0.4) is 0 Å². The molecule has 154 valence electrons. The van der Waals surface area contributed by atoms with Crippen LogP contribution in [0.15, 0.2) is 35.3 Å². The number of hydrogen-bond donors (Lipinski definition) is 3. The predicted molar refractivity (Wildman–Crippen MR) is 112 cm³/mol. The van der Waals surface area contributed by atoms with Crippen LogP contribution in [0.1, 0.15) is 37.1 Å². The molecule has 1 aromatic heterocycles. The number of aliphatic imine (C=N–C) groups is 1. The molecule has 0 bridgehead atoms. The molecule has 28 heavy (non-hydrogen) atoms. The fourth-order valence-corrected chi connectivity index (χ4v) is 2.93. The summed E-state index contributed by atoms with van der Waals surface area (Å²) in [4.78, 5) is 6.62. The van der Waals surface area contributed by atoms with Gasteiger partial charge >= 0.3 is 0 Å². The van der Waals surface area contributed by atoms with E-state index in [-0.39, 0.29) is 6.04 Å². The number of rotatable bonds is 8. The van der Waals surface area contributed by atoms with Gasteiger partial charge in [0.15, 0.2) is 11.8 Å². The minimum atomic E-state index is -0.886. The topological polar surface area (TPSA) is 90.6 Å². The van der Waals surface area contributed by atoms with Crippen molar-refractivity contribution in [3.05, 3.63) is 47.5 Å². The largest absolute Gasteiger partial charge is 0.387 e. The van der Waals surface area contributed by atoms with Crippen LogP contribution in [0.4, 0.5) is 0 Å². The molecule has 0 aliphatic rings. The summed E-state index contributed by atoms with van der Waals surface area (Å²) >= 11 is 0. The van der Waals surface area contributed by atoms with E-state index in [2.05, 4.69) is 44.9 Å². The molecular weight excluding hydrogens is 354 g/mol. The fourth-order valence-electron chi connectivity index (χ4n) is 2.93. The van der Waals surface area contributed by atoms with E-state index in [1.54, 1.807) is 0 Å². The molecule has 0 saturated carbocycles. The first-order valence-corrected chi connectivity index (χ1v) is 9.50. The number of nitrogens with zero attached hydrogens (tertiary/aromatic N) is 5. The highest BCUT2D eigenvalue weighted by Crippen LogP contribution is 2.11. The second kappa shape index (κ2) is 9.66. The summed E-state index contributed by atoms with van der Waals surface area (Å²) < 4.78 is 1.92. The van der Waals surface area contributed by atoms with Gasteiger partial charge in [0.1, 0.15) is 12.4 Å². The first kappa shape index (κ1) is 21.8. The van der Waals surface area contributed by atoms with Crippen molar-refractivity contribution >= 4 is 5.96 Å². The van der Waals surface area contributed by atoms with Crippen molar-refractivity contribution < 1.29 is 5.11 Å². The highest BCUT2D eigenvalue weighted by atomic mass is 16.3. The molecule has 2 atom stereocenters. The normalized spacial score (nSPS) is 15.4. The first-order valence-electron chi connectivity index (χ1n) is 9.50. The van der Waals surface area contributed by atoms with Crippen LogP contribution in [0, 0.1) is 6.92 Å². The minimum absolute atomic E-state index is 0.0625. The Kier molecular flexibility index (Phi) is 7.53. The second-order valence-electron chi connectivity index (χ2n) is 7.75. The van der Waals surface area contributed by atoms with Gasteiger partial charge in [0.2, 0.25) is 0 Å². The second-order valence-corrected chi connectivity index (χ2v) is 7.75. The Hall–Kier alpha value is -2.45. The van der Waals surface area contributed by atoms with Gasteiger partial charge in [-0.05, 0) is 40.4 Å². The maximum absolute atomic E-state index is 10.6. The monoisotopic (exact) mass is 387 g/mol. The summed E-state index contributed by atoms with van der Waals surface area (Å²) in [5.74, 6) is 2.25. The summed E-state index contributed by atoms with van der Waals surface area (Å²) in [7, 11) is 5.81. The van der Waals surface area contributed by atoms with Crippen LogP contribution in [0.5, 0.6) is 0 Å². The number of aryl methyl sites for hydroxylation is 1. The third-order valence-electron chi connectivity index (χ3n) is 4.51. The molecule has 0 aliphatic carbocycles. The molecule has 2 rings (SSSR count). The lowest BCUT2D eigenvalue weighted by molar-refractivity contribution is 0.0376. The van der Waals surface area contributed by atoms with Crippen molar-refractivity contribution in [1.29, 1.82) is 0 Å². The highest BCUT2D eigenvalue weighted by Gasteiger charge is 2.22. The third kappa shape index (κ3) is 6.61. The molecule has 2 unspecified atom stereocenters. The molecule has 0 spiro atoms. The first-order chi connectivity index (χ1) is 13.2. The van der Waals surface area contributed by atoms with Crippen molar-refractivity contribution in [2.75, 3.05) is 27.2 Å². The lowest BCUT2D eigenvalue weighted by Crippen LogP contribution is -2.50. The van der Waals surface area contributed by atoms with Gasteiger partial charge in [0.25, 0.3) is 0 Å². The summed E-state index contributed by atoms with van der Waals surface area (Å²) in [6.07, 6.45) is 0. The van der Waals surface area contributed by atoms with E-state index in [1.807, 2.05) is 62.7 Å². The number of benzene rings is 1. The summed E-state index contributed by atoms with van der Waals surface area (Å²) in [6.45, 7) is 7.11. The van der Waals surface area contributed by atoms with Crippen LogP contribution in [-0.2, 0) is 13.6 Å². The summed E-state index contributed by atoms with van der Waals surface area (Å²) in [5.41, 5.74) is 0.273. The van der Waals surface area contributed by atoms with Gasteiger partial charge in [0, 0.05) is 20.1 Å². The number of likely N-dealkylation sites (N-methyl/N-ethyl adjacent to an activating group) is 1. The molecule has 2 aromatic rings. The fraction of sp³-hybridized carbons (Fsp3) is 0.550. The third-order valence-corrected chi connectivity index (χ3v) is 4.51. The molecule has 0 aliphatic heterocycles. The van der Waals surface area contributed by atoms with E-state index in [4.69, 9.17) is 0 Å². The van der Waals surface area contributed by atoms with Crippen LogP contribution < -0.4 is 10.6 Å². The maximum Gasteiger partial charge on any atom is 0.192 e. The van der Waals surface area contributed by atoms with Crippen molar-refractivity contribution in [3.8, 4) is 0 Å². The Labute approximate surface area is 167 Å². The van der Waals surface area contributed by atoms with Gasteiger partial charge < -0.3 is 25.2 Å². The van der Waals surface area contributed by atoms with Gasteiger partial charge in [-0.15, -0.1) is 10.2 Å². The Morgan fingerprint density at radius 2 is 1.96 bits per heavy atom. The molecule has 0 saturated heterocycles. The number of aliphatic hydroxyl groups is 1. The Morgan fingerprint density at radius 3 is 2.54 bits per heavy atom. The average Bonchev–Trinajstić information content (AvgIpc) is 2.95. The number of aromatic nitrogens is 3. The Morgan fingerprint density at radius 1 is 1.29 bits per heavy atom. The van der Waals surface area contributed by atoms with E-state index in [9.17, 15) is 5.11 Å². The van der Waals surface area contributed by atoms with Gasteiger partial charge in [0.05, 0.1) is 11.6 Å². The molecule has 0 fully saturated rings. The Balaban J connectivity index is 2.12. The van der Waals surface area contributed by atoms with Crippen molar-refractivity contribution in [1.82, 2.24) is 30.3 Å². The summed E-state index contributed by atoms with van der Waals surface area (Å²) in [6, 6.07) is 10.2. The zero-order chi connectivity index (χ0) is 20.7. The zero-order valence-corrected chi connectivity index (χ0v) is 17.8. The standard InChI is InChI=1S/C20H33N7O/c1-15(17-10-8-7-9-11-17)23-19(22-13-20(3,28)14-26(4)5)21-12-18-25-24-16(2)27(18)6/h7-11,15,28H,12-14H2,1-6H3,(H2,21,22,23). The average molecular weight is 388 g/mol. The van der Waals surface area contributed by atoms with Gasteiger partial charge in [-0.1, -0.05) is 30.3 Å². The Bertz CT molecular complexity index is 768. The maximum atomic E-state index is 10.6. The minimum Gasteiger partial charge on any atom is -0.387 e. The summed E-state index contributed by atoms with van der Waals surface area (Å²) in [5, 5.41) is 25.5. The van der Waals surface area contributed by atoms with E-state index < -0.39 is 5.60 Å². The van der Waals surface area contributed by atoms with Crippen LogP contribution in [-0.4, -0.2) is 63.5 Å². The van der Waals surface area contributed by atoms with Crippen molar-refractivity contribution in [2.24, 2.45) is 12.0 Å². The van der Waals surface area contributed by atoms with Gasteiger partial charge in [-0.3, -0.25) is 0 Å². The van der Waals surface area contributed by atoms with E-state index in [0.29, 0.717) is 25.6 Å². The van der Waals surface area contributed by atoms with Crippen LogP contribution >= 0.6 is 0 Å². The van der Waals surface area contributed by atoms with E-state index >= 15 is 0 Å². The molecule has 8 nitrogen and oxygen atoms in total. The van der Waals surface area contributed by atoms with E-state index in [0.717, 1.165) is 17.2 Å². The molecule has 3 N–H and O–H groups in total. The number of nitrogens with one attached hydrogen (secondary N) is 2. The van der Waals surface area contributed by atoms with Gasteiger partial charge in [-0.25, -0.2) is 4.99 Å². The van der Waals surface area contributed by atoms with Crippen LogP contribution in [0.2, 0.25) is 0 Å². The quantitative estimate of drug-likeness (QED) is 0.466. The van der Waals surface area contributed by atoms with E-state index in [1.165, 1.54) is 0 Å². The number of hydrogen-bond acceptors (Lipinski definition) is 5. The zero-order valence-electron chi connectivity index (χ0n) is 17.8. The van der Waals surface area contributed by atoms with Gasteiger partial charge in [-0.2, -0.15) is 0 Å². The molecular formula is C20H33N7O. The lowest BCUT2D eigenvalue weighted by Gasteiger charge is -2.28. The molecule has 0 radical (unpaired) electrons. The molecule has 8 heteroatoms. The van der Waals surface area contributed by atoms with Crippen molar-refractivity contribution in [2.45, 2.75) is 39.0 Å². The van der Waals surface area contributed by atoms with Crippen molar-refractivity contribution in [3.63, 3.8) is 0 Å². The highest BCUT2D eigenvalue weighted by molar-refractivity contribution is 5.80. The SMILES string of the molecule is Cc1nnc(CN=C(NCC(C)(O)CN(C)C)NC(C)c2ccccc2)n1C.